The molecule has 0 saturated carbocycles. The first kappa shape index (κ1) is 11.4. The van der Waals surface area contributed by atoms with Crippen molar-refractivity contribution < 1.29 is 10.2 Å². The molecule has 16 heavy (non-hydrogen) atoms. The molecule has 2 N–H and O–H groups in total. The minimum absolute atomic E-state index is 0.254. The van der Waals surface area contributed by atoms with E-state index in [4.69, 9.17) is 5.11 Å². The number of rotatable bonds is 3. The molecule has 3 nitrogen and oxygen atoms in total. The van der Waals surface area contributed by atoms with Crippen LogP contribution in [0.1, 0.15) is 24.3 Å². The van der Waals surface area contributed by atoms with Crippen LogP contribution in [0.15, 0.2) is 24.3 Å². The van der Waals surface area contributed by atoms with Gasteiger partial charge in [-0.3, -0.25) is 0 Å². The maximum absolute atomic E-state index is 9.23. The highest BCUT2D eigenvalue weighted by atomic mass is 16.3. The molecule has 0 bridgehead atoms. The van der Waals surface area contributed by atoms with E-state index >= 15 is 0 Å². The van der Waals surface area contributed by atoms with Crippen molar-refractivity contribution in [2.24, 2.45) is 0 Å². The van der Waals surface area contributed by atoms with Crippen LogP contribution in [0.25, 0.3) is 0 Å². The van der Waals surface area contributed by atoms with Crippen LogP contribution in [0.4, 0.5) is 0 Å². The Hall–Kier alpha value is -1.06. The van der Waals surface area contributed by atoms with Crippen LogP contribution in [0.2, 0.25) is 0 Å². The minimum atomic E-state index is 0.254. The SMILES string of the molecule is OCCN1CCC(c2ccc(O)cc2)CC1. The molecular formula is C13H19NO2. The fraction of sp³-hybridized carbons (Fsp3) is 0.538. The van der Waals surface area contributed by atoms with Gasteiger partial charge in [0, 0.05) is 6.54 Å². The van der Waals surface area contributed by atoms with Gasteiger partial charge in [-0.25, -0.2) is 0 Å². The van der Waals surface area contributed by atoms with Crippen molar-refractivity contribution in [1.29, 1.82) is 0 Å². The molecule has 0 unspecified atom stereocenters. The molecule has 2 rings (SSSR count). The molecule has 0 spiro atoms. The summed E-state index contributed by atoms with van der Waals surface area (Å²) in [6, 6.07) is 7.55. The van der Waals surface area contributed by atoms with E-state index in [-0.39, 0.29) is 6.61 Å². The van der Waals surface area contributed by atoms with Crippen LogP contribution in [-0.2, 0) is 0 Å². The van der Waals surface area contributed by atoms with E-state index in [0.717, 1.165) is 32.5 Å². The van der Waals surface area contributed by atoms with E-state index in [1.165, 1.54) is 5.56 Å². The Bertz CT molecular complexity index is 315. The van der Waals surface area contributed by atoms with Gasteiger partial charge < -0.3 is 15.1 Å². The van der Waals surface area contributed by atoms with Gasteiger partial charge in [0.25, 0.3) is 0 Å². The smallest absolute Gasteiger partial charge is 0.115 e. The molecule has 0 aliphatic carbocycles. The zero-order valence-electron chi connectivity index (χ0n) is 9.47. The summed E-state index contributed by atoms with van der Waals surface area (Å²) in [6.07, 6.45) is 2.29. The van der Waals surface area contributed by atoms with Gasteiger partial charge >= 0.3 is 0 Å². The van der Waals surface area contributed by atoms with Gasteiger partial charge in [-0.1, -0.05) is 12.1 Å². The molecule has 1 heterocycles. The molecule has 1 aliphatic heterocycles. The zero-order chi connectivity index (χ0) is 11.4. The van der Waals surface area contributed by atoms with Crippen molar-refractivity contribution in [3.63, 3.8) is 0 Å². The first-order chi connectivity index (χ1) is 7.79. The zero-order valence-corrected chi connectivity index (χ0v) is 9.47. The number of aliphatic hydroxyl groups excluding tert-OH is 1. The van der Waals surface area contributed by atoms with E-state index < -0.39 is 0 Å². The van der Waals surface area contributed by atoms with Crippen molar-refractivity contribution in [3.05, 3.63) is 29.8 Å². The van der Waals surface area contributed by atoms with Gasteiger partial charge in [-0.15, -0.1) is 0 Å². The van der Waals surface area contributed by atoms with Gasteiger partial charge in [0.2, 0.25) is 0 Å². The van der Waals surface area contributed by atoms with Crippen molar-refractivity contribution in [3.8, 4) is 5.75 Å². The quantitative estimate of drug-likeness (QED) is 0.814. The summed E-state index contributed by atoms with van der Waals surface area (Å²) in [7, 11) is 0. The van der Waals surface area contributed by atoms with Crippen molar-refractivity contribution in [2.75, 3.05) is 26.2 Å². The molecular weight excluding hydrogens is 202 g/mol. The number of likely N-dealkylation sites (tertiary alicyclic amines) is 1. The van der Waals surface area contributed by atoms with Crippen molar-refractivity contribution >= 4 is 0 Å². The summed E-state index contributed by atoms with van der Waals surface area (Å²) >= 11 is 0. The number of phenols is 1. The third-order valence-electron chi connectivity index (χ3n) is 3.37. The average molecular weight is 221 g/mol. The molecule has 3 heteroatoms. The topological polar surface area (TPSA) is 43.7 Å². The minimum Gasteiger partial charge on any atom is -0.508 e. The Morgan fingerprint density at radius 1 is 1.12 bits per heavy atom. The summed E-state index contributed by atoms with van der Waals surface area (Å²) < 4.78 is 0. The standard InChI is InChI=1S/C13H19NO2/c15-10-9-14-7-5-12(6-8-14)11-1-3-13(16)4-2-11/h1-4,12,15-16H,5-10H2. The van der Waals surface area contributed by atoms with E-state index in [1.807, 2.05) is 12.1 Å². The Kier molecular flexibility index (Phi) is 3.80. The number of benzene rings is 1. The Morgan fingerprint density at radius 2 is 1.75 bits per heavy atom. The van der Waals surface area contributed by atoms with Crippen LogP contribution < -0.4 is 0 Å². The second-order valence-electron chi connectivity index (χ2n) is 4.43. The highest BCUT2D eigenvalue weighted by Crippen LogP contribution is 2.28. The molecule has 1 aliphatic rings. The lowest BCUT2D eigenvalue weighted by Crippen LogP contribution is -2.34. The van der Waals surface area contributed by atoms with Crippen LogP contribution >= 0.6 is 0 Å². The van der Waals surface area contributed by atoms with Crippen LogP contribution in [0, 0.1) is 0 Å². The molecule has 0 amide bonds. The summed E-state index contributed by atoms with van der Waals surface area (Å²) in [6.45, 7) is 3.17. The lowest BCUT2D eigenvalue weighted by molar-refractivity contribution is 0.164. The molecule has 88 valence electrons. The normalized spacial score (nSPS) is 18.8. The molecule has 1 aromatic rings. The summed E-state index contributed by atoms with van der Waals surface area (Å²) in [5.41, 5.74) is 1.32. The van der Waals surface area contributed by atoms with Gasteiger partial charge in [0.15, 0.2) is 0 Å². The van der Waals surface area contributed by atoms with Crippen molar-refractivity contribution in [1.82, 2.24) is 4.90 Å². The van der Waals surface area contributed by atoms with E-state index in [0.29, 0.717) is 11.7 Å². The van der Waals surface area contributed by atoms with Gasteiger partial charge in [-0.05, 0) is 49.5 Å². The monoisotopic (exact) mass is 221 g/mol. The lowest BCUT2D eigenvalue weighted by atomic mass is 9.89. The number of aliphatic hydroxyl groups is 1. The van der Waals surface area contributed by atoms with Crippen LogP contribution in [0.3, 0.4) is 0 Å². The van der Waals surface area contributed by atoms with Gasteiger partial charge in [-0.2, -0.15) is 0 Å². The number of piperidine rings is 1. The first-order valence-electron chi connectivity index (χ1n) is 5.92. The Morgan fingerprint density at radius 3 is 2.31 bits per heavy atom. The lowest BCUT2D eigenvalue weighted by Gasteiger charge is -2.31. The summed E-state index contributed by atoms with van der Waals surface area (Å²) in [4.78, 5) is 2.30. The third-order valence-corrected chi connectivity index (χ3v) is 3.37. The largest absolute Gasteiger partial charge is 0.508 e. The fourth-order valence-corrected chi connectivity index (χ4v) is 2.38. The number of phenolic OH excluding ortho intramolecular Hbond substituents is 1. The first-order valence-corrected chi connectivity index (χ1v) is 5.92. The highest BCUT2D eigenvalue weighted by molar-refractivity contribution is 5.28. The predicted molar refractivity (Wildman–Crippen MR) is 63.6 cm³/mol. The Labute approximate surface area is 96.3 Å². The molecule has 1 aromatic carbocycles. The number of nitrogens with zero attached hydrogens (tertiary/aromatic N) is 1. The van der Waals surface area contributed by atoms with E-state index in [9.17, 15) is 5.11 Å². The molecule has 0 atom stereocenters. The second kappa shape index (κ2) is 5.32. The average Bonchev–Trinajstić information content (AvgIpc) is 2.32. The van der Waals surface area contributed by atoms with E-state index in [1.54, 1.807) is 12.1 Å². The number of aromatic hydroxyl groups is 1. The van der Waals surface area contributed by atoms with Crippen LogP contribution in [-0.4, -0.2) is 41.4 Å². The molecule has 1 fully saturated rings. The fourth-order valence-electron chi connectivity index (χ4n) is 2.38. The highest BCUT2D eigenvalue weighted by Gasteiger charge is 2.19. The van der Waals surface area contributed by atoms with Crippen molar-refractivity contribution in [2.45, 2.75) is 18.8 Å². The molecule has 1 saturated heterocycles. The molecule has 0 radical (unpaired) electrons. The third kappa shape index (κ3) is 2.74. The van der Waals surface area contributed by atoms with Crippen LogP contribution in [0.5, 0.6) is 5.75 Å². The predicted octanol–water partition coefficient (Wildman–Crippen LogP) is 1.56. The maximum Gasteiger partial charge on any atom is 0.115 e. The Balaban J connectivity index is 1.91. The second-order valence-corrected chi connectivity index (χ2v) is 4.43. The number of hydrogen-bond acceptors (Lipinski definition) is 3. The maximum atomic E-state index is 9.23. The van der Waals surface area contributed by atoms with E-state index in [2.05, 4.69) is 4.90 Å². The summed E-state index contributed by atoms with van der Waals surface area (Å²) in [5.74, 6) is 0.942. The van der Waals surface area contributed by atoms with Gasteiger partial charge in [0.1, 0.15) is 5.75 Å². The molecule has 0 aromatic heterocycles. The summed E-state index contributed by atoms with van der Waals surface area (Å²) in [5, 5.41) is 18.1. The number of hydrogen-bond donors (Lipinski definition) is 2. The van der Waals surface area contributed by atoms with Gasteiger partial charge in [0.05, 0.1) is 6.61 Å². The number of β-amino-alcohol motifs (C(OH)–C–C–N with tert-alkyl or cyclic N) is 1.